The molecule has 0 saturated carbocycles. The molecule has 0 atom stereocenters. The van der Waals surface area contributed by atoms with Crippen LogP contribution in [0.5, 0.6) is 0 Å². The van der Waals surface area contributed by atoms with Crippen molar-refractivity contribution in [2.24, 2.45) is 0 Å². The minimum absolute atomic E-state index is 0.289. The van der Waals surface area contributed by atoms with E-state index in [2.05, 4.69) is 4.98 Å². The maximum atomic E-state index is 9.10. The van der Waals surface area contributed by atoms with Crippen LogP contribution in [0, 0.1) is 16.7 Å². The molecule has 5 nitrogen and oxygen atoms in total. The van der Waals surface area contributed by atoms with Crippen molar-refractivity contribution in [2.45, 2.75) is 38.9 Å². The lowest BCUT2D eigenvalue weighted by atomic mass is 9.90. The normalized spacial score (nSPS) is 12.2. The smallest absolute Gasteiger partial charge is 0.138 e. The van der Waals surface area contributed by atoms with E-state index in [-0.39, 0.29) is 5.57 Å². The van der Waals surface area contributed by atoms with Gasteiger partial charge in [-0.05, 0) is 45.4 Å². The maximum Gasteiger partial charge on any atom is 0.138 e. The Kier molecular flexibility index (Phi) is 6.43. The molecule has 2 radical (unpaired) electrons. The van der Waals surface area contributed by atoms with Crippen LogP contribution in [0.3, 0.4) is 0 Å². The van der Waals surface area contributed by atoms with E-state index in [4.69, 9.17) is 28.7 Å². The molecule has 0 aliphatic carbocycles. The van der Waals surface area contributed by atoms with Gasteiger partial charge in [0.15, 0.2) is 0 Å². The summed E-state index contributed by atoms with van der Waals surface area (Å²) in [6.45, 7) is 6.31. The van der Waals surface area contributed by atoms with E-state index >= 15 is 0 Å². The summed E-state index contributed by atoms with van der Waals surface area (Å²) in [5, 5.41) is 33.5. The second kappa shape index (κ2) is 7.08. The van der Waals surface area contributed by atoms with Gasteiger partial charge in [0.05, 0.1) is 16.8 Å². The fraction of sp³-hybridized carbons (Fsp3) is 0.429. The molecule has 0 fully saturated rings. The highest BCUT2D eigenvalue weighted by molar-refractivity contribution is 6.30. The molecule has 20 heavy (non-hydrogen) atoms. The van der Waals surface area contributed by atoms with Crippen LogP contribution in [0.25, 0.3) is 6.08 Å². The van der Waals surface area contributed by atoms with Gasteiger partial charge in [0.1, 0.15) is 13.9 Å². The highest BCUT2D eigenvalue weighted by Gasteiger charge is 2.31. The molecule has 4 N–H and O–H groups in total. The zero-order valence-corrected chi connectivity index (χ0v) is 12.2. The Morgan fingerprint density at radius 1 is 1.30 bits per heavy atom. The van der Waals surface area contributed by atoms with Crippen LogP contribution in [0.15, 0.2) is 17.7 Å². The third-order valence-electron chi connectivity index (χ3n) is 2.82. The van der Waals surface area contributed by atoms with Gasteiger partial charge < -0.3 is 20.6 Å². The first-order chi connectivity index (χ1) is 9.01. The Bertz CT molecular complexity index is 502. The number of hydrogen-bond donors (Lipinski definition) is 4. The van der Waals surface area contributed by atoms with Crippen LogP contribution >= 0.6 is 0 Å². The SMILES string of the molecule is CC(C)(O)C(C)(C)O.[B]c1ccc(/C=C(/C#N)C=N)[nH]1. The monoisotopic (exact) mass is 273 g/mol. The van der Waals surface area contributed by atoms with Gasteiger partial charge in [-0.25, -0.2) is 0 Å². The first kappa shape index (κ1) is 18.2. The fourth-order valence-electron chi connectivity index (χ4n) is 0.788. The number of aliphatic hydroxyl groups is 2. The summed E-state index contributed by atoms with van der Waals surface area (Å²) in [6.07, 6.45) is 2.56. The lowest BCUT2D eigenvalue weighted by molar-refractivity contribution is -0.107. The van der Waals surface area contributed by atoms with E-state index in [1.807, 2.05) is 6.07 Å². The molecule has 1 aromatic heterocycles. The van der Waals surface area contributed by atoms with E-state index in [1.165, 1.54) is 0 Å². The van der Waals surface area contributed by atoms with E-state index in [1.54, 1.807) is 45.9 Å². The first-order valence-electron chi connectivity index (χ1n) is 6.02. The van der Waals surface area contributed by atoms with Gasteiger partial charge in [-0.15, -0.1) is 0 Å². The van der Waals surface area contributed by atoms with Gasteiger partial charge in [-0.3, -0.25) is 0 Å². The topological polar surface area (TPSA) is 104 Å². The van der Waals surface area contributed by atoms with E-state index in [9.17, 15) is 0 Å². The van der Waals surface area contributed by atoms with Gasteiger partial charge in [0.25, 0.3) is 0 Å². The van der Waals surface area contributed by atoms with Crippen LogP contribution in [0.1, 0.15) is 33.4 Å². The van der Waals surface area contributed by atoms with Crippen molar-refractivity contribution in [3.63, 3.8) is 0 Å². The Hall–Kier alpha value is -1.84. The fourth-order valence-corrected chi connectivity index (χ4v) is 0.788. The number of aromatic nitrogens is 1. The molecule has 1 aromatic rings. The summed E-state index contributed by atoms with van der Waals surface area (Å²) in [4.78, 5) is 2.82. The minimum Gasteiger partial charge on any atom is -0.387 e. The third kappa shape index (κ3) is 6.37. The van der Waals surface area contributed by atoms with Crippen LogP contribution < -0.4 is 5.59 Å². The number of nitriles is 1. The van der Waals surface area contributed by atoms with E-state index in [0.29, 0.717) is 5.59 Å². The average Bonchev–Trinajstić information content (AvgIpc) is 2.70. The third-order valence-corrected chi connectivity index (χ3v) is 2.82. The Balaban J connectivity index is 0.000000396. The molecule has 0 aliphatic rings. The van der Waals surface area contributed by atoms with Gasteiger partial charge in [-0.2, -0.15) is 5.26 Å². The van der Waals surface area contributed by atoms with Crippen molar-refractivity contribution in [1.82, 2.24) is 4.98 Å². The first-order valence-corrected chi connectivity index (χ1v) is 6.02. The quantitative estimate of drug-likeness (QED) is 0.373. The van der Waals surface area contributed by atoms with Crippen LogP contribution in [0.2, 0.25) is 0 Å². The zero-order valence-electron chi connectivity index (χ0n) is 12.2. The summed E-state index contributed by atoms with van der Waals surface area (Å²) < 4.78 is 0. The Morgan fingerprint density at radius 2 is 1.80 bits per heavy atom. The lowest BCUT2D eigenvalue weighted by Gasteiger charge is -2.31. The molecule has 6 heteroatoms. The molecule has 0 bridgehead atoms. The predicted octanol–water partition coefficient (Wildman–Crippen LogP) is 0.893. The summed E-state index contributed by atoms with van der Waals surface area (Å²) in [7, 11) is 5.41. The number of hydrogen-bond acceptors (Lipinski definition) is 4. The summed E-state index contributed by atoms with van der Waals surface area (Å²) >= 11 is 0. The molecule has 0 aliphatic heterocycles. The van der Waals surface area contributed by atoms with Gasteiger partial charge in [0.2, 0.25) is 0 Å². The van der Waals surface area contributed by atoms with Crippen molar-refractivity contribution in [1.29, 1.82) is 10.7 Å². The van der Waals surface area contributed by atoms with Gasteiger partial charge in [0, 0.05) is 11.9 Å². The average molecular weight is 273 g/mol. The van der Waals surface area contributed by atoms with Crippen LogP contribution in [0.4, 0.5) is 0 Å². The van der Waals surface area contributed by atoms with Crippen molar-refractivity contribution < 1.29 is 10.2 Å². The second-order valence-electron chi connectivity index (χ2n) is 5.34. The summed E-state index contributed by atoms with van der Waals surface area (Å²) in [5.74, 6) is 0. The molecule has 0 amide bonds. The second-order valence-corrected chi connectivity index (χ2v) is 5.34. The highest BCUT2D eigenvalue weighted by Crippen LogP contribution is 2.19. The summed E-state index contributed by atoms with van der Waals surface area (Å²) in [5.41, 5.74) is -0.451. The highest BCUT2D eigenvalue weighted by atomic mass is 16.3. The van der Waals surface area contributed by atoms with E-state index < -0.39 is 11.2 Å². The molecule has 1 rings (SSSR count). The summed E-state index contributed by atoms with van der Waals surface area (Å²) in [6, 6.07) is 5.31. The number of nitrogens with one attached hydrogen (secondary N) is 2. The number of H-pyrrole nitrogens is 1. The molecular formula is C14H20BN3O2. The molecule has 0 spiro atoms. The zero-order chi connectivity index (χ0) is 16.0. The molecular weight excluding hydrogens is 253 g/mol. The molecule has 106 valence electrons. The minimum atomic E-state index is -1.01. The maximum absolute atomic E-state index is 9.10. The van der Waals surface area contributed by atoms with E-state index in [0.717, 1.165) is 11.9 Å². The molecule has 0 aromatic carbocycles. The number of aromatic amines is 1. The predicted molar refractivity (Wildman–Crippen MR) is 81.2 cm³/mol. The van der Waals surface area contributed by atoms with Crippen molar-refractivity contribution in [2.75, 3.05) is 0 Å². The number of rotatable bonds is 3. The molecule has 0 unspecified atom stereocenters. The standard InChI is InChI=1S/C8H6BN3.C6H14O2/c9-8-2-1-7(12-8)3-6(4-10)5-11;1-5(2,7)6(3,4)8/h1-4,10,12H;7-8H,1-4H3/b6-3+,10-4?;. The molecule has 0 saturated heterocycles. The number of allylic oxidation sites excluding steroid dienone is 1. The number of nitrogens with zero attached hydrogens (tertiary/aromatic N) is 1. The van der Waals surface area contributed by atoms with Crippen molar-refractivity contribution in [3.05, 3.63) is 23.4 Å². The Labute approximate surface area is 120 Å². The van der Waals surface area contributed by atoms with Crippen molar-refractivity contribution >= 4 is 25.7 Å². The van der Waals surface area contributed by atoms with Crippen LogP contribution in [-0.2, 0) is 0 Å². The van der Waals surface area contributed by atoms with Crippen LogP contribution in [-0.4, -0.2) is 40.5 Å². The van der Waals surface area contributed by atoms with Gasteiger partial charge in [-0.1, -0.05) is 6.07 Å². The van der Waals surface area contributed by atoms with Gasteiger partial charge >= 0.3 is 0 Å². The molecule has 1 heterocycles. The van der Waals surface area contributed by atoms with Crippen molar-refractivity contribution in [3.8, 4) is 6.07 Å². The lowest BCUT2D eigenvalue weighted by Crippen LogP contribution is -2.44. The Morgan fingerprint density at radius 3 is 2.05 bits per heavy atom. The largest absolute Gasteiger partial charge is 0.387 e.